The number of fused-ring (bicyclic) bond motifs is 1. The lowest BCUT2D eigenvalue weighted by atomic mass is 9.94. The van der Waals surface area contributed by atoms with E-state index in [1.807, 2.05) is 18.2 Å². The van der Waals surface area contributed by atoms with Gasteiger partial charge in [0.2, 0.25) is 11.8 Å². The maximum absolute atomic E-state index is 13.0. The fraction of sp³-hybridized carbons (Fsp3) is 0.550. The molecule has 2 saturated heterocycles. The predicted molar refractivity (Wildman–Crippen MR) is 101 cm³/mol. The first kappa shape index (κ1) is 19.0. The van der Waals surface area contributed by atoms with Crippen molar-refractivity contribution < 1.29 is 19.5 Å². The number of nitrogens with one attached hydrogen (secondary N) is 3. The predicted octanol–water partition coefficient (Wildman–Crippen LogP) is -0.348. The number of amides is 3. The molecule has 150 valence electrons. The topological polar surface area (TPSA) is 111 Å². The highest BCUT2D eigenvalue weighted by atomic mass is 16.3. The number of imide groups is 1. The fourth-order valence-corrected chi connectivity index (χ4v) is 4.37. The Morgan fingerprint density at radius 3 is 2.89 bits per heavy atom. The summed E-state index contributed by atoms with van der Waals surface area (Å²) in [6, 6.07) is 5.11. The smallest absolute Gasteiger partial charge is 0.255 e. The molecule has 0 spiro atoms. The van der Waals surface area contributed by atoms with Crippen LogP contribution in [0.1, 0.15) is 47.2 Å². The Morgan fingerprint density at radius 1 is 1.29 bits per heavy atom. The van der Waals surface area contributed by atoms with Gasteiger partial charge in [-0.25, -0.2) is 0 Å². The number of benzene rings is 1. The van der Waals surface area contributed by atoms with Crippen molar-refractivity contribution in [3.05, 3.63) is 34.9 Å². The van der Waals surface area contributed by atoms with Crippen LogP contribution in [0.15, 0.2) is 18.2 Å². The van der Waals surface area contributed by atoms with E-state index in [-0.39, 0.29) is 18.2 Å². The van der Waals surface area contributed by atoms with E-state index in [0.717, 1.165) is 30.5 Å². The Hall–Kier alpha value is -2.29. The minimum Gasteiger partial charge on any atom is -0.387 e. The zero-order valence-electron chi connectivity index (χ0n) is 15.8. The zero-order valence-corrected chi connectivity index (χ0v) is 15.8. The maximum atomic E-state index is 13.0. The van der Waals surface area contributed by atoms with Gasteiger partial charge in [-0.1, -0.05) is 18.2 Å². The molecule has 8 heteroatoms. The largest absolute Gasteiger partial charge is 0.387 e. The van der Waals surface area contributed by atoms with E-state index in [4.69, 9.17) is 0 Å². The zero-order chi connectivity index (χ0) is 19.7. The van der Waals surface area contributed by atoms with Gasteiger partial charge in [-0.3, -0.25) is 19.7 Å². The molecule has 3 aliphatic heterocycles. The number of nitrogens with zero attached hydrogens (tertiary/aromatic N) is 1. The van der Waals surface area contributed by atoms with Crippen molar-refractivity contribution >= 4 is 17.7 Å². The molecule has 3 amide bonds. The molecule has 1 aromatic rings. The average Bonchev–Trinajstić information content (AvgIpc) is 3.00. The molecule has 0 saturated carbocycles. The van der Waals surface area contributed by atoms with E-state index in [0.29, 0.717) is 38.2 Å². The van der Waals surface area contributed by atoms with Crippen LogP contribution < -0.4 is 16.0 Å². The van der Waals surface area contributed by atoms with Gasteiger partial charge in [-0.05, 0) is 36.9 Å². The first-order chi connectivity index (χ1) is 13.5. The Labute approximate surface area is 163 Å². The lowest BCUT2D eigenvalue weighted by Crippen LogP contribution is -2.52. The molecule has 0 aromatic heterocycles. The number of hydrogen-bond donors (Lipinski definition) is 4. The molecule has 0 radical (unpaired) electrons. The molecular formula is C20H26N4O4. The summed E-state index contributed by atoms with van der Waals surface area (Å²) in [5, 5.41) is 19.4. The van der Waals surface area contributed by atoms with E-state index in [9.17, 15) is 19.5 Å². The molecule has 0 aliphatic carbocycles. The minimum atomic E-state index is -0.765. The van der Waals surface area contributed by atoms with Gasteiger partial charge < -0.3 is 20.6 Å². The summed E-state index contributed by atoms with van der Waals surface area (Å²) in [5.74, 6) is -0.852. The van der Waals surface area contributed by atoms with Crippen molar-refractivity contribution in [2.24, 2.45) is 0 Å². The Morgan fingerprint density at radius 2 is 2.14 bits per heavy atom. The number of hydrogen-bond acceptors (Lipinski definition) is 6. The quantitative estimate of drug-likeness (QED) is 0.515. The third-order valence-electron chi connectivity index (χ3n) is 5.86. The second-order valence-corrected chi connectivity index (χ2v) is 7.96. The summed E-state index contributed by atoms with van der Waals surface area (Å²) in [5.41, 5.74) is 1.63. The van der Waals surface area contributed by atoms with Crippen LogP contribution in [0.4, 0.5) is 0 Å². The highest BCUT2D eigenvalue weighted by Gasteiger charge is 2.40. The van der Waals surface area contributed by atoms with Crippen molar-refractivity contribution in [1.29, 1.82) is 0 Å². The lowest BCUT2D eigenvalue weighted by Gasteiger charge is -2.33. The van der Waals surface area contributed by atoms with Crippen molar-refractivity contribution in [2.75, 3.05) is 19.6 Å². The van der Waals surface area contributed by atoms with Gasteiger partial charge in [0.1, 0.15) is 6.04 Å². The normalized spacial score (nSPS) is 27.7. The Balaban J connectivity index is 1.44. The highest BCUT2D eigenvalue weighted by molar-refractivity contribution is 6.05. The number of rotatable bonds is 5. The van der Waals surface area contributed by atoms with Gasteiger partial charge in [0.15, 0.2) is 0 Å². The van der Waals surface area contributed by atoms with Gasteiger partial charge in [0.25, 0.3) is 5.91 Å². The second-order valence-electron chi connectivity index (χ2n) is 7.96. The van der Waals surface area contributed by atoms with Crippen LogP contribution in [0.25, 0.3) is 0 Å². The lowest BCUT2D eigenvalue weighted by molar-refractivity contribution is -0.136. The van der Waals surface area contributed by atoms with Crippen LogP contribution in [0.2, 0.25) is 0 Å². The van der Waals surface area contributed by atoms with Crippen LogP contribution in [-0.4, -0.2) is 59.0 Å². The molecule has 1 aromatic carbocycles. The summed E-state index contributed by atoms with van der Waals surface area (Å²) < 4.78 is 0. The molecule has 3 heterocycles. The molecule has 3 aliphatic rings. The van der Waals surface area contributed by atoms with Gasteiger partial charge in [0, 0.05) is 38.2 Å². The number of piperidine rings is 2. The summed E-state index contributed by atoms with van der Waals surface area (Å²) in [7, 11) is 0. The molecule has 4 rings (SSSR count). The molecule has 0 bridgehead atoms. The molecule has 4 N–H and O–H groups in total. The molecule has 2 fully saturated rings. The van der Waals surface area contributed by atoms with E-state index in [1.54, 1.807) is 4.90 Å². The van der Waals surface area contributed by atoms with Gasteiger partial charge in [0.05, 0.1) is 5.60 Å². The van der Waals surface area contributed by atoms with E-state index in [1.165, 1.54) is 0 Å². The maximum Gasteiger partial charge on any atom is 0.255 e. The number of carbonyl (C=O) groups excluding carboxylic acids is 3. The Bertz CT molecular complexity index is 803. The van der Waals surface area contributed by atoms with Crippen LogP contribution in [0, 0.1) is 0 Å². The van der Waals surface area contributed by atoms with Crippen LogP contribution in [-0.2, 0) is 22.7 Å². The van der Waals surface area contributed by atoms with Gasteiger partial charge in [-0.2, -0.15) is 0 Å². The molecule has 28 heavy (non-hydrogen) atoms. The van der Waals surface area contributed by atoms with Crippen molar-refractivity contribution in [3.8, 4) is 0 Å². The SMILES string of the molecule is O=C1CCC(N2Cc3cccc(CNCC4(O)CCCNC4)c3C2=O)C(=O)N1. The standard InChI is InChI=1S/C20H26N4O4/c25-16-6-5-15(18(26)23-16)24-10-14-4-1-3-13(17(14)19(24)27)9-22-12-20(28)7-2-8-21-11-20/h1,3-4,15,21-22,28H,2,5-12H2,(H,23,25,26). The number of β-amino-alcohol motifs (C(OH)–C–C–N with tert-alkyl or cyclic N) is 1. The molecular weight excluding hydrogens is 360 g/mol. The summed E-state index contributed by atoms with van der Waals surface area (Å²) in [4.78, 5) is 38.2. The first-order valence-electron chi connectivity index (χ1n) is 9.86. The monoisotopic (exact) mass is 386 g/mol. The summed E-state index contributed by atoms with van der Waals surface area (Å²) in [6.07, 6.45) is 2.30. The van der Waals surface area contributed by atoms with E-state index < -0.39 is 17.6 Å². The van der Waals surface area contributed by atoms with E-state index in [2.05, 4.69) is 16.0 Å². The Kier molecular flexibility index (Phi) is 5.18. The number of aliphatic hydroxyl groups is 1. The van der Waals surface area contributed by atoms with Crippen molar-refractivity contribution in [1.82, 2.24) is 20.9 Å². The van der Waals surface area contributed by atoms with E-state index >= 15 is 0 Å². The van der Waals surface area contributed by atoms with Gasteiger partial charge in [-0.15, -0.1) is 0 Å². The average molecular weight is 386 g/mol. The third kappa shape index (κ3) is 3.67. The van der Waals surface area contributed by atoms with Gasteiger partial charge >= 0.3 is 0 Å². The fourth-order valence-electron chi connectivity index (χ4n) is 4.37. The minimum absolute atomic E-state index is 0.167. The summed E-state index contributed by atoms with van der Waals surface area (Å²) in [6.45, 7) is 2.80. The number of carbonyl (C=O) groups is 3. The van der Waals surface area contributed by atoms with Crippen LogP contribution in [0.3, 0.4) is 0 Å². The second kappa shape index (κ2) is 7.62. The molecule has 2 atom stereocenters. The third-order valence-corrected chi connectivity index (χ3v) is 5.86. The molecule has 2 unspecified atom stereocenters. The van der Waals surface area contributed by atoms with Crippen molar-refractivity contribution in [2.45, 2.75) is 50.4 Å². The summed E-state index contributed by atoms with van der Waals surface area (Å²) >= 11 is 0. The van der Waals surface area contributed by atoms with Crippen LogP contribution >= 0.6 is 0 Å². The van der Waals surface area contributed by atoms with Crippen molar-refractivity contribution in [3.63, 3.8) is 0 Å². The highest BCUT2D eigenvalue weighted by Crippen LogP contribution is 2.30. The molecule has 8 nitrogen and oxygen atoms in total. The van der Waals surface area contributed by atoms with Crippen LogP contribution in [0.5, 0.6) is 0 Å². The first-order valence-corrected chi connectivity index (χ1v) is 9.86.